The third kappa shape index (κ3) is 2.86. The van der Waals surface area contributed by atoms with Crippen LogP contribution in [0.15, 0.2) is 66.0 Å². The lowest BCUT2D eigenvalue weighted by atomic mass is 10.0. The monoisotopic (exact) mass is 212 g/mol. The van der Waals surface area contributed by atoms with Gasteiger partial charge < -0.3 is 5.11 Å². The van der Waals surface area contributed by atoms with Crippen LogP contribution in [0.2, 0.25) is 0 Å². The van der Waals surface area contributed by atoms with Crippen molar-refractivity contribution in [2.75, 3.05) is 0 Å². The lowest BCUT2D eigenvalue weighted by molar-refractivity contribution is 0.382. The molecule has 1 nitrogen and oxygen atoms in total. The molecule has 0 aliphatic heterocycles. The smallest absolute Gasteiger partial charge is 0.0960 e. The SMILES string of the molecule is O/C(CCc1ccccc1)=C1\C=CC=CC1. The summed E-state index contributed by atoms with van der Waals surface area (Å²) in [5.41, 5.74) is 2.31. The predicted molar refractivity (Wildman–Crippen MR) is 67.3 cm³/mol. The molecule has 0 unspecified atom stereocenters. The summed E-state index contributed by atoms with van der Waals surface area (Å²) in [6.07, 6.45) is 10.5. The summed E-state index contributed by atoms with van der Waals surface area (Å²) in [4.78, 5) is 0. The standard InChI is InChI=1S/C15H16O/c16-15(14-9-5-2-6-10-14)12-11-13-7-3-1-4-8-13/h1-9,16H,10-12H2/b15-14+. The molecule has 0 heterocycles. The number of benzene rings is 1. The van der Waals surface area contributed by atoms with Gasteiger partial charge in [-0.15, -0.1) is 0 Å². The molecule has 0 amide bonds. The number of aliphatic hydroxyl groups is 1. The maximum Gasteiger partial charge on any atom is 0.0960 e. The fraction of sp³-hybridized carbons (Fsp3) is 0.200. The maximum atomic E-state index is 9.93. The van der Waals surface area contributed by atoms with Gasteiger partial charge in [-0.2, -0.15) is 0 Å². The first kappa shape index (κ1) is 10.7. The zero-order valence-corrected chi connectivity index (χ0v) is 9.26. The first-order valence-electron chi connectivity index (χ1n) is 5.64. The van der Waals surface area contributed by atoms with E-state index < -0.39 is 0 Å². The molecule has 0 bridgehead atoms. The van der Waals surface area contributed by atoms with Gasteiger partial charge >= 0.3 is 0 Å². The second-order valence-corrected chi connectivity index (χ2v) is 3.95. The van der Waals surface area contributed by atoms with Crippen molar-refractivity contribution in [2.45, 2.75) is 19.3 Å². The number of aryl methyl sites for hydroxylation is 1. The molecule has 0 aromatic heterocycles. The van der Waals surface area contributed by atoms with Gasteiger partial charge in [0.2, 0.25) is 0 Å². The summed E-state index contributed by atoms with van der Waals surface area (Å²) in [5.74, 6) is 0.518. The van der Waals surface area contributed by atoms with Crippen molar-refractivity contribution < 1.29 is 5.11 Å². The highest BCUT2D eigenvalue weighted by Crippen LogP contribution is 2.17. The lowest BCUT2D eigenvalue weighted by Gasteiger charge is -2.07. The molecular weight excluding hydrogens is 196 g/mol. The Kier molecular flexibility index (Phi) is 3.60. The van der Waals surface area contributed by atoms with Crippen molar-refractivity contribution in [1.82, 2.24) is 0 Å². The molecule has 82 valence electrons. The summed E-state index contributed by atoms with van der Waals surface area (Å²) in [5, 5.41) is 9.93. The molecule has 0 atom stereocenters. The van der Waals surface area contributed by atoms with E-state index in [-0.39, 0.29) is 0 Å². The number of rotatable bonds is 3. The molecule has 1 heteroatoms. The van der Waals surface area contributed by atoms with Crippen LogP contribution in [0.1, 0.15) is 18.4 Å². The molecule has 1 aliphatic rings. The first-order chi connectivity index (χ1) is 7.86. The van der Waals surface area contributed by atoms with E-state index in [4.69, 9.17) is 0 Å². The van der Waals surface area contributed by atoms with Crippen LogP contribution in [0.4, 0.5) is 0 Å². The van der Waals surface area contributed by atoms with Crippen molar-refractivity contribution in [2.24, 2.45) is 0 Å². The minimum atomic E-state index is 0.518. The highest BCUT2D eigenvalue weighted by Gasteiger charge is 2.03. The quantitative estimate of drug-likeness (QED) is 0.752. The topological polar surface area (TPSA) is 20.2 Å². The second kappa shape index (κ2) is 5.36. The molecule has 0 radical (unpaired) electrons. The first-order valence-corrected chi connectivity index (χ1v) is 5.64. The zero-order chi connectivity index (χ0) is 11.2. The van der Waals surface area contributed by atoms with E-state index in [1.165, 1.54) is 5.56 Å². The normalized spacial score (nSPS) is 17.5. The van der Waals surface area contributed by atoms with Gasteiger partial charge in [-0.05, 0) is 24.0 Å². The largest absolute Gasteiger partial charge is 0.512 e. The summed E-state index contributed by atoms with van der Waals surface area (Å²) in [6.45, 7) is 0. The number of aliphatic hydroxyl groups excluding tert-OH is 1. The Hall–Kier alpha value is -1.76. The van der Waals surface area contributed by atoms with E-state index >= 15 is 0 Å². The van der Waals surface area contributed by atoms with Crippen molar-refractivity contribution in [1.29, 1.82) is 0 Å². The fourth-order valence-corrected chi connectivity index (χ4v) is 1.80. The van der Waals surface area contributed by atoms with Crippen LogP contribution < -0.4 is 0 Å². The average Bonchev–Trinajstić information content (AvgIpc) is 2.38. The van der Waals surface area contributed by atoms with E-state index in [0.29, 0.717) is 5.76 Å². The van der Waals surface area contributed by atoms with Gasteiger partial charge in [0.05, 0.1) is 5.76 Å². The van der Waals surface area contributed by atoms with E-state index in [9.17, 15) is 5.11 Å². The predicted octanol–water partition coefficient (Wildman–Crippen LogP) is 3.95. The molecule has 1 aliphatic carbocycles. The molecule has 0 fully saturated rings. The third-order valence-corrected chi connectivity index (χ3v) is 2.75. The summed E-state index contributed by atoms with van der Waals surface area (Å²) in [6, 6.07) is 10.3. The van der Waals surface area contributed by atoms with Crippen molar-refractivity contribution in [3.8, 4) is 0 Å². The molecule has 1 aromatic carbocycles. The van der Waals surface area contributed by atoms with Crippen molar-refractivity contribution in [3.63, 3.8) is 0 Å². The van der Waals surface area contributed by atoms with E-state index in [1.807, 2.05) is 36.4 Å². The van der Waals surface area contributed by atoms with Crippen LogP contribution in [-0.2, 0) is 6.42 Å². The Bertz CT molecular complexity index is 424. The lowest BCUT2D eigenvalue weighted by Crippen LogP contribution is -1.93. The molecule has 16 heavy (non-hydrogen) atoms. The molecule has 1 N–H and O–H groups in total. The minimum absolute atomic E-state index is 0.518. The zero-order valence-electron chi connectivity index (χ0n) is 9.26. The molecule has 0 saturated carbocycles. The molecule has 1 aromatic rings. The van der Waals surface area contributed by atoms with Crippen LogP contribution in [0.5, 0.6) is 0 Å². The average molecular weight is 212 g/mol. The number of hydrogen-bond donors (Lipinski definition) is 1. The van der Waals surface area contributed by atoms with Gasteiger partial charge in [0, 0.05) is 6.42 Å². The Morgan fingerprint density at radius 3 is 2.62 bits per heavy atom. The van der Waals surface area contributed by atoms with Crippen LogP contribution in [-0.4, -0.2) is 5.11 Å². The molecule has 0 saturated heterocycles. The highest BCUT2D eigenvalue weighted by atomic mass is 16.3. The van der Waals surface area contributed by atoms with Crippen molar-refractivity contribution >= 4 is 0 Å². The van der Waals surface area contributed by atoms with Gasteiger partial charge in [-0.25, -0.2) is 0 Å². The van der Waals surface area contributed by atoms with Gasteiger partial charge in [0.1, 0.15) is 0 Å². The molecular formula is C15H16O. The number of allylic oxidation sites excluding steroid dienone is 6. The highest BCUT2D eigenvalue weighted by molar-refractivity contribution is 5.31. The van der Waals surface area contributed by atoms with Crippen LogP contribution in [0, 0.1) is 0 Å². The Labute approximate surface area is 96.4 Å². The third-order valence-electron chi connectivity index (χ3n) is 2.75. The second-order valence-electron chi connectivity index (χ2n) is 3.95. The van der Waals surface area contributed by atoms with E-state index in [0.717, 1.165) is 24.8 Å². The van der Waals surface area contributed by atoms with Gasteiger partial charge in [-0.1, -0.05) is 54.6 Å². The van der Waals surface area contributed by atoms with Crippen molar-refractivity contribution in [3.05, 3.63) is 71.5 Å². The molecule has 0 spiro atoms. The van der Waals surface area contributed by atoms with Crippen LogP contribution in [0.3, 0.4) is 0 Å². The van der Waals surface area contributed by atoms with E-state index in [2.05, 4.69) is 18.2 Å². The van der Waals surface area contributed by atoms with Gasteiger partial charge in [0.25, 0.3) is 0 Å². The summed E-state index contributed by atoms with van der Waals surface area (Å²) >= 11 is 0. The summed E-state index contributed by atoms with van der Waals surface area (Å²) < 4.78 is 0. The maximum absolute atomic E-state index is 9.93. The molecule has 2 rings (SSSR count). The van der Waals surface area contributed by atoms with Crippen LogP contribution in [0.25, 0.3) is 0 Å². The number of hydrogen-bond acceptors (Lipinski definition) is 1. The van der Waals surface area contributed by atoms with Crippen LogP contribution >= 0.6 is 0 Å². The van der Waals surface area contributed by atoms with Gasteiger partial charge in [-0.3, -0.25) is 0 Å². The fourth-order valence-electron chi connectivity index (χ4n) is 1.80. The van der Waals surface area contributed by atoms with Gasteiger partial charge in [0.15, 0.2) is 0 Å². The Morgan fingerprint density at radius 2 is 1.94 bits per heavy atom. The summed E-state index contributed by atoms with van der Waals surface area (Å²) in [7, 11) is 0. The Morgan fingerprint density at radius 1 is 1.12 bits per heavy atom. The Balaban J connectivity index is 1.96. The minimum Gasteiger partial charge on any atom is -0.512 e. The van der Waals surface area contributed by atoms with E-state index in [1.54, 1.807) is 0 Å².